The van der Waals surface area contributed by atoms with E-state index >= 15 is 0 Å². The summed E-state index contributed by atoms with van der Waals surface area (Å²) in [5.74, 6) is 1.63. The Labute approximate surface area is 129 Å². The Morgan fingerprint density at radius 3 is 2.76 bits per heavy atom. The van der Waals surface area contributed by atoms with Gasteiger partial charge < -0.3 is 4.74 Å². The largest absolute Gasteiger partial charge is 0.469 e. The standard InChI is InChI=1S/C18H30O3/c1-4-5-10-15-14(2)13-17(19)16(15)11-8-6-7-9-12-18(20)21-3/h6,8,14-16H,4-5,7,9-13H2,1-3H3/b8-6-/t14?,15-,16+/m0/s1. The van der Waals surface area contributed by atoms with Crippen molar-refractivity contribution in [3.05, 3.63) is 12.2 Å². The van der Waals surface area contributed by atoms with Crippen molar-refractivity contribution in [2.24, 2.45) is 17.8 Å². The minimum atomic E-state index is -0.150. The summed E-state index contributed by atoms with van der Waals surface area (Å²) < 4.78 is 4.61. The predicted molar refractivity (Wildman–Crippen MR) is 84.9 cm³/mol. The van der Waals surface area contributed by atoms with Gasteiger partial charge in [0.2, 0.25) is 0 Å². The molecule has 1 aliphatic carbocycles. The van der Waals surface area contributed by atoms with E-state index in [1.807, 2.05) is 0 Å². The highest BCUT2D eigenvalue weighted by Gasteiger charge is 2.38. The molecule has 21 heavy (non-hydrogen) atoms. The Morgan fingerprint density at radius 1 is 1.33 bits per heavy atom. The Balaban J connectivity index is 2.33. The molecule has 0 heterocycles. The molecule has 120 valence electrons. The molecule has 0 aliphatic heterocycles. The number of rotatable bonds is 9. The van der Waals surface area contributed by atoms with Crippen molar-refractivity contribution >= 4 is 11.8 Å². The van der Waals surface area contributed by atoms with Gasteiger partial charge in [0, 0.05) is 18.8 Å². The molecule has 0 aromatic heterocycles. The van der Waals surface area contributed by atoms with Gasteiger partial charge in [-0.1, -0.05) is 38.8 Å². The first-order valence-corrected chi connectivity index (χ1v) is 8.34. The number of Topliss-reactive ketones (excluding diaryl/α,β-unsaturated/α-hetero) is 1. The fourth-order valence-electron chi connectivity index (χ4n) is 3.31. The maximum atomic E-state index is 12.1. The van der Waals surface area contributed by atoms with Crippen LogP contribution >= 0.6 is 0 Å². The number of unbranched alkanes of at least 4 members (excludes halogenated alkanes) is 2. The van der Waals surface area contributed by atoms with Gasteiger partial charge in [-0.15, -0.1) is 0 Å². The number of carbonyl (C=O) groups is 2. The molecule has 1 rings (SSSR count). The zero-order valence-corrected chi connectivity index (χ0v) is 13.8. The van der Waals surface area contributed by atoms with Gasteiger partial charge in [0.15, 0.2) is 0 Å². The first-order chi connectivity index (χ1) is 10.1. The summed E-state index contributed by atoms with van der Waals surface area (Å²) in [6.45, 7) is 4.43. The first-order valence-electron chi connectivity index (χ1n) is 8.34. The van der Waals surface area contributed by atoms with Crippen LogP contribution < -0.4 is 0 Å². The summed E-state index contributed by atoms with van der Waals surface area (Å²) in [7, 11) is 1.42. The van der Waals surface area contributed by atoms with Crippen molar-refractivity contribution in [3.63, 3.8) is 0 Å². The van der Waals surface area contributed by atoms with E-state index in [9.17, 15) is 9.59 Å². The molecule has 1 saturated carbocycles. The molecule has 3 nitrogen and oxygen atoms in total. The van der Waals surface area contributed by atoms with Gasteiger partial charge in [-0.3, -0.25) is 9.59 Å². The van der Waals surface area contributed by atoms with E-state index in [-0.39, 0.29) is 11.9 Å². The molecule has 1 unspecified atom stereocenters. The maximum Gasteiger partial charge on any atom is 0.305 e. The number of ketones is 1. The van der Waals surface area contributed by atoms with Crippen LogP contribution in [-0.2, 0) is 14.3 Å². The maximum absolute atomic E-state index is 12.1. The lowest BCUT2D eigenvalue weighted by atomic mass is 9.84. The Kier molecular flexibility index (Phi) is 8.33. The highest BCUT2D eigenvalue weighted by molar-refractivity contribution is 5.84. The third-order valence-electron chi connectivity index (χ3n) is 4.61. The molecule has 3 heteroatoms. The highest BCUT2D eigenvalue weighted by Crippen LogP contribution is 2.39. The van der Waals surface area contributed by atoms with Crippen molar-refractivity contribution in [2.75, 3.05) is 7.11 Å². The number of hydrogen-bond donors (Lipinski definition) is 0. The SMILES string of the molecule is CCCC[C@H]1C(C)CC(=O)[C@@H]1C/C=C\CCCC(=O)OC. The van der Waals surface area contributed by atoms with Gasteiger partial charge in [0.1, 0.15) is 5.78 Å². The third-order valence-corrected chi connectivity index (χ3v) is 4.61. The second-order valence-electron chi connectivity index (χ2n) is 6.24. The van der Waals surface area contributed by atoms with Crippen LogP contribution in [0.4, 0.5) is 0 Å². The van der Waals surface area contributed by atoms with Crippen molar-refractivity contribution in [3.8, 4) is 0 Å². The van der Waals surface area contributed by atoms with Crippen LogP contribution in [0.5, 0.6) is 0 Å². The van der Waals surface area contributed by atoms with Gasteiger partial charge in [0.25, 0.3) is 0 Å². The van der Waals surface area contributed by atoms with E-state index in [4.69, 9.17) is 0 Å². The zero-order chi connectivity index (χ0) is 15.7. The smallest absolute Gasteiger partial charge is 0.305 e. The normalized spacial score (nSPS) is 25.7. The first kappa shape index (κ1) is 17.9. The number of ether oxygens (including phenoxy) is 1. The van der Waals surface area contributed by atoms with E-state index in [0.29, 0.717) is 24.0 Å². The zero-order valence-electron chi connectivity index (χ0n) is 13.8. The van der Waals surface area contributed by atoms with Crippen LogP contribution in [0, 0.1) is 17.8 Å². The molecule has 0 N–H and O–H groups in total. The van der Waals surface area contributed by atoms with Gasteiger partial charge in [0.05, 0.1) is 7.11 Å². The van der Waals surface area contributed by atoms with Crippen molar-refractivity contribution in [2.45, 2.75) is 65.2 Å². The third kappa shape index (κ3) is 6.03. The van der Waals surface area contributed by atoms with Crippen molar-refractivity contribution in [1.82, 2.24) is 0 Å². The summed E-state index contributed by atoms with van der Waals surface area (Å²) in [5.41, 5.74) is 0. The quantitative estimate of drug-likeness (QED) is 0.361. The van der Waals surface area contributed by atoms with Crippen LogP contribution in [0.2, 0.25) is 0 Å². The molecule has 0 aromatic carbocycles. The lowest BCUT2D eigenvalue weighted by Crippen LogP contribution is -2.16. The van der Waals surface area contributed by atoms with Crippen molar-refractivity contribution in [1.29, 1.82) is 0 Å². The Morgan fingerprint density at radius 2 is 2.10 bits per heavy atom. The second kappa shape index (κ2) is 9.75. The summed E-state index contributed by atoms with van der Waals surface area (Å²) in [6, 6.07) is 0. The predicted octanol–water partition coefficient (Wildman–Crippen LogP) is 4.31. The number of methoxy groups -OCH3 is 1. The van der Waals surface area contributed by atoms with E-state index in [1.165, 1.54) is 26.4 Å². The molecule has 3 atom stereocenters. The van der Waals surface area contributed by atoms with Crippen LogP contribution in [0.25, 0.3) is 0 Å². The van der Waals surface area contributed by atoms with Gasteiger partial charge in [-0.25, -0.2) is 0 Å². The van der Waals surface area contributed by atoms with Crippen LogP contribution in [0.3, 0.4) is 0 Å². The molecular formula is C18H30O3. The topological polar surface area (TPSA) is 43.4 Å². The fraction of sp³-hybridized carbons (Fsp3) is 0.778. The monoisotopic (exact) mass is 294 g/mol. The lowest BCUT2D eigenvalue weighted by Gasteiger charge is -2.20. The Hall–Kier alpha value is -1.12. The number of carbonyl (C=O) groups excluding carboxylic acids is 2. The molecule has 1 fully saturated rings. The number of allylic oxidation sites excluding steroid dienone is 2. The fourth-order valence-corrected chi connectivity index (χ4v) is 3.31. The van der Waals surface area contributed by atoms with E-state index in [1.54, 1.807) is 0 Å². The van der Waals surface area contributed by atoms with Gasteiger partial charge in [-0.2, -0.15) is 0 Å². The van der Waals surface area contributed by atoms with Gasteiger partial charge in [-0.05, 0) is 37.5 Å². The van der Waals surface area contributed by atoms with E-state index < -0.39 is 0 Å². The van der Waals surface area contributed by atoms with Crippen molar-refractivity contribution < 1.29 is 14.3 Å². The summed E-state index contributed by atoms with van der Waals surface area (Å²) in [4.78, 5) is 23.1. The molecule has 0 saturated heterocycles. The average molecular weight is 294 g/mol. The van der Waals surface area contributed by atoms with Gasteiger partial charge >= 0.3 is 5.97 Å². The Bertz CT molecular complexity index is 359. The second-order valence-corrected chi connectivity index (χ2v) is 6.24. The van der Waals surface area contributed by atoms with Crippen LogP contribution in [-0.4, -0.2) is 18.9 Å². The molecule has 0 amide bonds. The van der Waals surface area contributed by atoms with Crippen LogP contribution in [0.1, 0.15) is 65.2 Å². The molecular weight excluding hydrogens is 264 g/mol. The number of esters is 1. The molecule has 0 spiro atoms. The molecule has 0 aromatic rings. The lowest BCUT2D eigenvalue weighted by molar-refractivity contribution is -0.140. The average Bonchev–Trinajstić information content (AvgIpc) is 2.74. The minimum absolute atomic E-state index is 0.150. The molecule has 0 bridgehead atoms. The van der Waals surface area contributed by atoms with Crippen LogP contribution in [0.15, 0.2) is 12.2 Å². The molecule has 0 radical (unpaired) electrons. The summed E-state index contributed by atoms with van der Waals surface area (Å²) in [6.07, 6.45) is 11.7. The summed E-state index contributed by atoms with van der Waals surface area (Å²) >= 11 is 0. The molecule has 1 aliphatic rings. The van der Waals surface area contributed by atoms with E-state index in [2.05, 4.69) is 30.7 Å². The minimum Gasteiger partial charge on any atom is -0.469 e. The number of hydrogen-bond acceptors (Lipinski definition) is 3. The van der Waals surface area contributed by atoms with E-state index in [0.717, 1.165) is 25.7 Å². The summed E-state index contributed by atoms with van der Waals surface area (Å²) in [5, 5.41) is 0. The highest BCUT2D eigenvalue weighted by atomic mass is 16.5.